The van der Waals surface area contributed by atoms with E-state index in [1.54, 1.807) is 12.4 Å². The van der Waals surface area contributed by atoms with Gasteiger partial charge >= 0.3 is 0 Å². The fraction of sp³-hybridized carbons (Fsp3) is 0.200. The number of anilines is 1. The van der Waals surface area contributed by atoms with Crippen molar-refractivity contribution < 1.29 is 4.52 Å². The minimum absolute atomic E-state index is 0.634. The maximum atomic E-state index is 4.96. The summed E-state index contributed by atoms with van der Waals surface area (Å²) in [6.07, 6.45) is 3.50. The third-order valence-corrected chi connectivity index (χ3v) is 2.29. The van der Waals surface area contributed by atoms with Gasteiger partial charge in [-0.15, -0.1) is 0 Å². The zero-order valence-electron chi connectivity index (χ0n) is 8.20. The van der Waals surface area contributed by atoms with Crippen molar-refractivity contribution in [1.29, 1.82) is 0 Å². The summed E-state index contributed by atoms with van der Waals surface area (Å²) in [4.78, 5) is 4.05. The van der Waals surface area contributed by atoms with Gasteiger partial charge in [-0.2, -0.15) is 0 Å². The van der Waals surface area contributed by atoms with Crippen LogP contribution in [0.4, 0.5) is 5.69 Å². The van der Waals surface area contributed by atoms with E-state index in [1.807, 2.05) is 19.1 Å². The van der Waals surface area contributed by atoms with Gasteiger partial charge in [0.05, 0.1) is 18.4 Å². The second-order valence-corrected chi connectivity index (χ2v) is 4.09. The van der Waals surface area contributed by atoms with Crippen LogP contribution in [0, 0.1) is 6.92 Å². The van der Waals surface area contributed by atoms with Crippen molar-refractivity contribution in [2.24, 2.45) is 0 Å². The van der Waals surface area contributed by atoms with Gasteiger partial charge < -0.3 is 9.84 Å². The SMILES string of the molecule is Cc1cc(CNc2cncc(Br)c2)no1. The molecule has 2 heterocycles. The van der Waals surface area contributed by atoms with Crippen LogP contribution in [0.25, 0.3) is 0 Å². The van der Waals surface area contributed by atoms with E-state index in [1.165, 1.54) is 0 Å². The smallest absolute Gasteiger partial charge is 0.133 e. The lowest BCUT2D eigenvalue weighted by Crippen LogP contribution is -1.99. The van der Waals surface area contributed by atoms with Crippen LogP contribution in [-0.2, 0) is 6.54 Å². The van der Waals surface area contributed by atoms with Crippen LogP contribution >= 0.6 is 15.9 Å². The van der Waals surface area contributed by atoms with Gasteiger partial charge in [-0.1, -0.05) is 5.16 Å². The first-order valence-electron chi connectivity index (χ1n) is 4.50. The predicted molar refractivity (Wildman–Crippen MR) is 60.5 cm³/mol. The number of nitrogens with zero attached hydrogens (tertiary/aromatic N) is 2. The second kappa shape index (κ2) is 4.44. The molecular weight excluding hydrogens is 258 g/mol. The Morgan fingerprint density at radius 1 is 1.40 bits per heavy atom. The molecule has 0 fully saturated rings. The number of halogens is 1. The van der Waals surface area contributed by atoms with E-state index in [2.05, 4.69) is 31.4 Å². The molecule has 0 saturated heterocycles. The van der Waals surface area contributed by atoms with E-state index in [0.717, 1.165) is 21.6 Å². The van der Waals surface area contributed by atoms with Gasteiger partial charge in [0.25, 0.3) is 0 Å². The Hall–Kier alpha value is -1.36. The Balaban J connectivity index is 1.99. The predicted octanol–water partition coefficient (Wildman–Crippen LogP) is 2.75. The largest absolute Gasteiger partial charge is 0.378 e. The number of aromatic nitrogens is 2. The summed E-state index contributed by atoms with van der Waals surface area (Å²) in [6, 6.07) is 3.86. The third kappa shape index (κ3) is 2.79. The van der Waals surface area contributed by atoms with Crippen LogP contribution in [0.5, 0.6) is 0 Å². The van der Waals surface area contributed by atoms with Crippen molar-refractivity contribution >= 4 is 21.6 Å². The van der Waals surface area contributed by atoms with Crippen LogP contribution in [0.1, 0.15) is 11.5 Å². The van der Waals surface area contributed by atoms with Gasteiger partial charge in [-0.3, -0.25) is 4.98 Å². The number of pyridine rings is 1. The van der Waals surface area contributed by atoms with E-state index < -0.39 is 0 Å². The summed E-state index contributed by atoms with van der Waals surface area (Å²) in [5.41, 5.74) is 1.83. The molecule has 0 unspecified atom stereocenters. The van der Waals surface area contributed by atoms with E-state index in [0.29, 0.717) is 6.54 Å². The molecule has 1 N–H and O–H groups in total. The molecule has 0 radical (unpaired) electrons. The average molecular weight is 268 g/mol. The summed E-state index contributed by atoms with van der Waals surface area (Å²) in [6.45, 7) is 2.51. The van der Waals surface area contributed by atoms with Gasteiger partial charge in [-0.25, -0.2) is 0 Å². The Labute approximate surface area is 95.8 Å². The minimum atomic E-state index is 0.634. The van der Waals surface area contributed by atoms with Crippen LogP contribution in [-0.4, -0.2) is 10.1 Å². The van der Waals surface area contributed by atoms with Crippen LogP contribution in [0.3, 0.4) is 0 Å². The van der Waals surface area contributed by atoms with Crippen molar-refractivity contribution in [3.8, 4) is 0 Å². The fourth-order valence-corrected chi connectivity index (χ4v) is 1.57. The first kappa shape index (κ1) is 10.2. The molecule has 0 saturated carbocycles. The molecular formula is C10H10BrN3O. The average Bonchev–Trinajstić information content (AvgIpc) is 2.62. The molecule has 0 atom stereocenters. The van der Waals surface area contributed by atoms with Gasteiger partial charge in [0, 0.05) is 16.7 Å². The maximum absolute atomic E-state index is 4.96. The summed E-state index contributed by atoms with van der Waals surface area (Å²) in [5.74, 6) is 0.819. The minimum Gasteiger partial charge on any atom is -0.378 e. The molecule has 0 spiro atoms. The summed E-state index contributed by atoms with van der Waals surface area (Å²) in [5, 5.41) is 7.08. The normalized spacial score (nSPS) is 10.3. The van der Waals surface area contributed by atoms with Crippen molar-refractivity contribution in [3.05, 3.63) is 40.5 Å². The lowest BCUT2D eigenvalue weighted by molar-refractivity contribution is 0.391. The van der Waals surface area contributed by atoms with Crippen molar-refractivity contribution in [3.63, 3.8) is 0 Å². The molecule has 5 heteroatoms. The van der Waals surface area contributed by atoms with Gasteiger partial charge in [-0.05, 0) is 28.9 Å². The molecule has 2 aromatic heterocycles. The number of hydrogen-bond acceptors (Lipinski definition) is 4. The van der Waals surface area contributed by atoms with E-state index in [-0.39, 0.29) is 0 Å². The topological polar surface area (TPSA) is 51.0 Å². The summed E-state index contributed by atoms with van der Waals surface area (Å²) < 4.78 is 5.91. The molecule has 2 aromatic rings. The van der Waals surface area contributed by atoms with E-state index in [4.69, 9.17) is 4.52 Å². The highest BCUT2D eigenvalue weighted by Crippen LogP contribution is 2.14. The molecule has 78 valence electrons. The molecule has 0 aliphatic rings. The Bertz CT molecular complexity index is 455. The van der Waals surface area contributed by atoms with Crippen LogP contribution in [0.2, 0.25) is 0 Å². The molecule has 4 nitrogen and oxygen atoms in total. The lowest BCUT2D eigenvalue weighted by atomic mass is 10.3. The monoisotopic (exact) mass is 267 g/mol. The second-order valence-electron chi connectivity index (χ2n) is 3.17. The van der Waals surface area contributed by atoms with Crippen LogP contribution < -0.4 is 5.32 Å². The first-order chi connectivity index (χ1) is 7.24. The van der Waals surface area contributed by atoms with Crippen molar-refractivity contribution in [2.45, 2.75) is 13.5 Å². The molecule has 0 amide bonds. The lowest BCUT2D eigenvalue weighted by Gasteiger charge is -2.02. The molecule has 15 heavy (non-hydrogen) atoms. The van der Waals surface area contributed by atoms with Gasteiger partial charge in [0.1, 0.15) is 11.5 Å². The summed E-state index contributed by atoms with van der Waals surface area (Å²) >= 11 is 3.36. The molecule has 0 bridgehead atoms. The third-order valence-electron chi connectivity index (χ3n) is 1.86. The standard InChI is InChI=1S/C10H10BrN3O/c1-7-2-10(14-15-7)6-13-9-3-8(11)4-12-5-9/h2-5,13H,6H2,1H3. The molecule has 0 aromatic carbocycles. The highest BCUT2D eigenvalue weighted by molar-refractivity contribution is 9.10. The number of aryl methyl sites for hydroxylation is 1. The zero-order chi connectivity index (χ0) is 10.7. The summed E-state index contributed by atoms with van der Waals surface area (Å²) in [7, 11) is 0. The Morgan fingerprint density at radius 3 is 2.93 bits per heavy atom. The Morgan fingerprint density at radius 2 is 2.27 bits per heavy atom. The fourth-order valence-electron chi connectivity index (χ4n) is 1.20. The number of hydrogen-bond donors (Lipinski definition) is 1. The first-order valence-corrected chi connectivity index (χ1v) is 5.30. The molecule has 0 aliphatic heterocycles. The zero-order valence-corrected chi connectivity index (χ0v) is 9.78. The van der Waals surface area contributed by atoms with E-state index >= 15 is 0 Å². The number of nitrogens with one attached hydrogen (secondary N) is 1. The maximum Gasteiger partial charge on any atom is 0.133 e. The van der Waals surface area contributed by atoms with E-state index in [9.17, 15) is 0 Å². The highest BCUT2D eigenvalue weighted by Gasteiger charge is 2.00. The molecule has 2 rings (SSSR count). The number of rotatable bonds is 3. The van der Waals surface area contributed by atoms with Crippen LogP contribution in [0.15, 0.2) is 33.5 Å². The highest BCUT2D eigenvalue weighted by atomic mass is 79.9. The molecule has 0 aliphatic carbocycles. The Kier molecular flexibility index (Phi) is 3.01. The van der Waals surface area contributed by atoms with Gasteiger partial charge in [0.15, 0.2) is 0 Å². The quantitative estimate of drug-likeness (QED) is 0.929. The van der Waals surface area contributed by atoms with Gasteiger partial charge in [0.2, 0.25) is 0 Å². The van der Waals surface area contributed by atoms with Crippen molar-refractivity contribution in [1.82, 2.24) is 10.1 Å². The van der Waals surface area contributed by atoms with Crippen molar-refractivity contribution in [2.75, 3.05) is 5.32 Å².